The minimum Gasteiger partial charge on any atom is -0.508 e. The lowest BCUT2D eigenvalue weighted by Crippen LogP contribution is -2.46. The van der Waals surface area contributed by atoms with Crippen molar-refractivity contribution < 1.29 is 23.0 Å². The van der Waals surface area contributed by atoms with E-state index >= 15 is 0 Å². The molecular formula is C16H23F3N2O2. The monoisotopic (exact) mass is 332 g/mol. The molecule has 0 radical (unpaired) electrons. The van der Waals surface area contributed by atoms with Gasteiger partial charge in [0.2, 0.25) is 0 Å². The van der Waals surface area contributed by atoms with Crippen LogP contribution in [0.3, 0.4) is 0 Å². The topological polar surface area (TPSA) is 44.7 Å². The SMILES string of the molecule is CCC(C)[C@H](c1cc(OC(F)(F)F)ccc1O)N1CCNCC1. The number of phenolic OH excluding ortho intramolecular Hbond substituents is 1. The number of halogens is 3. The van der Waals surface area contributed by atoms with E-state index in [0.29, 0.717) is 5.56 Å². The largest absolute Gasteiger partial charge is 0.573 e. The zero-order valence-electron chi connectivity index (χ0n) is 13.4. The van der Waals surface area contributed by atoms with Gasteiger partial charge < -0.3 is 15.2 Å². The molecule has 0 amide bonds. The Hall–Kier alpha value is -1.47. The van der Waals surface area contributed by atoms with Crippen LogP contribution in [0, 0.1) is 5.92 Å². The van der Waals surface area contributed by atoms with Crippen molar-refractivity contribution in [3.05, 3.63) is 23.8 Å². The summed E-state index contributed by atoms with van der Waals surface area (Å²) in [5, 5.41) is 13.5. The van der Waals surface area contributed by atoms with Gasteiger partial charge in [-0.3, -0.25) is 4.90 Å². The summed E-state index contributed by atoms with van der Waals surface area (Å²) < 4.78 is 41.4. The minimum absolute atomic E-state index is 0.00311. The number of aromatic hydroxyl groups is 1. The summed E-state index contributed by atoms with van der Waals surface area (Å²) in [4.78, 5) is 2.21. The number of ether oxygens (including phenoxy) is 1. The van der Waals surface area contributed by atoms with Gasteiger partial charge >= 0.3 is 6.36 Å². The number of hydrogen-bond donors (Lipinski definition) is 2. The maximum atomic E-state index is 12.5. The first-order valence-corrected chi connectivity index (χ1v) is 7.85. The third-order valence-electron chi connectivity index (χ3n) is 4.28. The molecule has 0 saturated carbocycles. The van der Waals surface area contributed by atoms with Gasteiger partial charge in [-0.2, -0.15) is 0 Å². The lowest BCUT2D eigenvalue weighted by Gasteiger charge is -2.38. The van der Waals surface area contributed by atoms with Gasteiger partial charge in [-0.05, 0) is 24.1 Å². The predicted octanol–water partition coefficient (Wildman–Crippen LogP) is 3.28. The van der Waals surface area contributed by atoms with Crippen molar-refractivity contribution in [3.63, 3.8) is 0 Å². The molecule has 4 nitrogen and oxygen atoms in total. The van der Waals surface area contributed by atoms with Gasteiger partial charge in [-0.25, -0.2) is 0 Å². The summed E-state index contributed by atoms with van der Waals surface area (Å²) in [7, 11) is 0. The van der Waals surface area contributed by atoms with Crippen molar-refractivity contribution >= 4 is 0 Å². The number of nitrogens with zero attached hydrogens (tertiary/aromatic N) is 1. The molecule has 130 valence electrons. The molecule has 1 fully saturated rings. The molecule has 1 saturated heterocycles. The molecule has 2 rings (SSSR count). The van der Waals surface area contributed by atoms with Crippen LogP contribution in [0.15, 0.2) is 18.2 Å². The number of phenols is 1. The number of piperazine rings is 1. The van der Waals surface area contributed by atoms with E-state index < -0.39 is 6.36 Å². The van der Waals surface area contributed by atoms with Crippen LogP contribution in [0.1, 0.15) is 31.9 Å². The molecule has 1 aliphatic heterocycles. The highest BCUT2D eigenvalue weighted by Gasteiger charge is 2.33. The Labute approximate surface area is 134 Å². The fraction of sp³-hybridized carbons (Fsp3) is 0.625. The maximum absolute atomic E-state index is 12.5. The van der Waals surface area contributed by atoms with E-state index in [1.54, 1.807) is 0 Å². The highest BCUT2D eigenvalue weighted by molar-refractivity contribution is 5.41. The molecule has 7 heteroatoms. The molecule has 1 unspecified atom stereocenters. The molecular weight excluding hydrogens is 309 g/mol. The van der Waals surface area contributed by atoms with Crippen molar-refractivity contribution in [1.82, 2.24) is 10.2 Å². The van der Waals surface area contributed by atoms with E-state index in [1.807, 2.05) is 13.8 Å². The van der Waals surface area contributed by atoms with E-state index in [-0.39, 0.29) is 23.5 Å². The van der Waals surface area contributed by atoms with Crippen molar-refractivity contribution in [2.45, 2.75) is 32.7 Å². The Bertz CT molecular complexity index is 517. The second kappa shape index (κ2) is 7.40. The quantitative estimate of drug-likeness (QED) is 0.868. The van der Waals surface area contributed by atoms with Crippen molar-refractivity contribution in [2.75, 3.05) is 26.2 Å². The molecule has 2 atom stereocenters. The van der Waals surface area contributed by atoms with Gasteiger partial charge in [0.15, 0.2) is 0 Å². The van der Waals surface area contributed by atoms with E-state index in [4.69, 9.17) is 0 Å². The summed E-state index contributed by atoms with van der Waals surface area (Å²) in [5.74, 6) is -0.0998. The zero-order valence-corrected chi connectivity index (χ0v) is 13.4. The first-order chi connectivity index (χ1) is 10.8. The molecule has 1 aromatic carbocycles. The smallest absolute Gasteiger partial charge is 0.508 e. The van der Waals surface area contributed by atoms with Crippen LogP contribution in [-0.2, 0) is 0 Å². The first-order valence-electron chi connectivity index (χ1n) is 7.85. The van der Waals surface area contributed by atoms with E-state index in [2.05, 4.69) is 15.0 Å². The number of benzene rings is 1. The molecule has 0 aromatic heterocycles. The molecule has 0 bridgehead atoms. The Kier molecular flexibility index (Phi) is 5.75. The summed E-state index contributed by atoms with van der Waals surface area (Å²) in [6, 6.07) is 3.58. The lowest BCUT2D eigenvalue weighted by molar-refractivity contribution is -0.274. The minimum atomic E-state index is -4.74. The maximum Gasteiger partial charge on any atom is 0.573 e. The van der Waals surface area contributed by atoms with Gasteiger partial charge in [0.1, 0.15) is 11.5 Å². The standard InChI is InChI=1S/C16H23F3N2O2/c1-3-11(2)15(21-8-6-20-7-9-21)13-10-12(4-5-14(13)22)23-16(17,18)19/h4-5,10-11,15,20,22H,3,6-9H2,1-2H3/t11?,15-/m1/s1. The third kappa shape index (κ3) is 4.75. The van der Waals surface area contributed by atoms with Gasteiger partial charge in [0.25, 0.3) is 0 Å². The summed E-state index contributed by atoms with van der Waals surface area (Å²) in [6.07, 6.45) is -3.88. The van der Waals surface area contributed by atoms with Gasteiger partial charge in [-0.15, -0.1) is 13.2 Å². The summed E-state index contributed by atoms with van der Waals surface area (Å²) in [5.41, 5.74) is 0.489. The fourth-order valence-electron chi connectivity index (χ4n) is 3.01. The Morgan fingerprint density at radius 3 is 2.52 bits per heavy atom. The average Bonchev–Trinajstić information content (AvgIpc) is 2.50. The number of nitrogens with one attached hydrogen (secondary N) is 1. The van der Waals surface area contributed by atoms with Crippen LogP contribution < -0.4 is 10.1 Å². The van der Waals surface area contributed by atoms with Gasteiger partial charge in [0.05, 0.1) is 0 Å². The second-order valence-electron chi connectivity index (χ2n) is 5.88. The van der Waals surface area contributed by atoms with E-state index in [9.17, 15) is 18.3 Å². The molecule has 2 N–H and O–H groups in total. The van der Waals surface area contributed by atoms with Crippen LogP contribution in [0.4, 0.5) is 13.2 Å². The van der Waals surface area contributed by atoms with E-state index in [1.165, 1.54) is 12.1 Å². The normalized spacial score (nSPS) is 19.3. The van der Waals surface area contributed by atoms with Crippen LogP contribution in [0.25, 0.3) is 0 Å². The molecule has 1 aromatic rings. The van der Waals surface area contributed by atoms with Crippen LogP contribution in [-0.4, -0.2) is 42.5 Å². The highest BCUT2D eigenvalue weighted by atomic mass is 19.4. The molecule has 0 aliphatic carbocycles. The average molecular weight is 332 g/mol. The van der Waals surface area contributed by atoms with E-state index in [0.717, 1.165) is 38.7 Å². The summed E-state index contributed by atoms with van der Waals surface area (Å²) >= 11 is 0. The third-order valence-corrected chi connectivity index (χ3v) is 4.28. The lowest BCUT2D eigenvalue weighted by atomic mass is 9.90. The van der Waals surface area contributed by atoms with Gasteiger partial charge in [0, 0.05) is 37.8 Å². The fourth-order valence-corrected chi connectivity index (χ4v) is 3.01. The summed E-state index contributed by atoms with van der Waals surface area (Å²) in [6.45, 7) is 7.31. The van der Waals surface area contributed by atoms with Crippen LogP contribution in [0.5, 0.6) is 11.5 Å². The molecule has 23 heavy (non-hydrogen) atoms. The van der Waals surface area contributed by atoms with Crippen LogP contribution in [0.2, 0.25) is 0 Å². The number of alkyl halides is 3. The molecule has 0 spiro atoms. The Morgan fingerprint density at radius 1 is 1.30 bits per heavy atom. The number of hydrogen-bond acceptors (Lipinski definition) is 4. The van der Waals surface area contributed by atoms with Crippen molar-refractivity contribution in [3.8, 4) is 11.5 Å². The van der Waals surface area contributed by atoms with Crippen LogP contribution >= 0.6 is 0 Å². The van der Waals surface area contributed by atoms with Gasteiger partial charge in [-0.1, -0.05) is 20.3 Å². The second-order valence-corrected chi connectivity index (χ2v) is 5.88. The Balaban J connectivity index is 2.34. The predicted molar refractivity (Wildman–Crippen MR) is 81.4 cm³/mol. The number of rotatable bonds is 5. The zero-order chi connectivity index (χ0) is 17.0. The Morgan fingerprint density at radius 2 is 1.96 bits per heavy atom. The highest BCUT2D eigenvalue weighted by Crippen LogP contribution is 2.38. The van der Waals surface area contributed by atoms with Crippen molar-refractivity contribution in [2.24, 2.45) is 5.92 Å². The van der Waals surface area contributed by atoms with Crippen molar-refractivity contribution in [1.29, 1.82) is 0 Å². The molecule has 1 aliphatic rings. The molecule has 1 heterocycles. The first kappa shape index (κ1) is 17.9.